The minimum absolute atomic E-state index is 0.214. The third-order valence-corrected chi connectivity index (χ3v) is 7.01. The lowest BCUT2D eigenvalue weighted by Crippen LogP contribution is -2.20. The van der Waals surface area contributed by atoms with Crippen LogP contribution in [0.3, 0.4) is 0 Å². The van der Waals surface area contributed by atoms with E-state index < -0.39 is 11.9 Å². The van der Waals surface area contributed by atoms with Crippen molar-refractivity contribution in [3.63, 3.8) is 0 Å². The summed E-state index contributed by atoms with van der Waals surface area (Å²) >= 11 is 0. The highest BCUT2D eigenvalue weighted by Crippen LogP contribution is 2.40. The molecular formula is C33H32O6. The fraction of sp³-hybridized carbons (Fsp3) is 0.212. The number of hydrogen-bond donors (Lipinski definition) is 2. The molecule has 0 saturated carbocycles. The first-order chi connectivity index (χ1) is 18.4. The lowest BCUT2D eigenvalue weighted by molar-refractivity contribution is 0.0686. The Morgan fingerprint density at radius 2 is 0.846 bits per heavy atom. The minimum atomic E-state index is -0.972. The van der Waals surface area contributed by atoms with Crippen molar-refractivity contribution in [2.75, 3.05) is 0 Å². The first kappa shape index (κ1) is 27.5. The first-order valence-corrected chi connectivity index (χ1v) is 12.6. The van der Waals surface area contributed by atoms with Crippen molar-refractivity contribution in [2.45, 2.75) is 47.0 Å². The summed E-state index contributed by atoms with van der Waals surface area (Å²) in [5.41, 5.74) is 6.34. The molecule has 0 radical (unpaired) electrons. The second kappa shape index (κ2) is 10.7. The molecule has 0 aliphatic heterocycles. The van der Waals surface area contributed by atoms with Crippen LogP contribution in [0.4, 0.5) is 0 Å². The number of rotatable bonds is 8. The van der Waals surface area contributed by atoms with Crippen LogP contribution in [0, 0.1) is 27.7 Å². The molecule has 0 aromatic heterocycles. The summed E-state index contributed by atoms with van der Waals surface area (Å²) in [5.74, 6) is 0.723. The SMILES string of the molecule is Cc1cc(C(C)(C)c2cc(C)c(Oc3ccc(C(=O)O)cc3)c(C)c2)cc(C)c1Oc1ccc(C(=O)O)cc1. The molecule has 0 atom stereocenters. The van der Waals surface area contributed by atoms with E-state index in [2.05, 4.69) is 38.1 Å². The van der Waals surface area contributed by atoms with E-state index in [1.165, 1.54) is 24.3 Å². The maximum absolute atomic E-state index is 11.1. The molecule has 0 saturated heterocycles. The topological polar surface area (TPSA) is 93.1 Å². The Bertz CT molecular complexity index is 1380. The number of benzene rings is 4. The molecule has 2 N–H and O–H groups in total. The van der Waals surface area contributed by atoms with Crippen LogP contribution < -0.4 is 9.47 Å². The van der Waals surface area contributed by atoms with Gasteiger partial charge in [0, 0.05) is 5.41 Å². The fourth-order valence-electron chi connectivity index (χ4n) is 4.68. The molecule has 39 heavy (non-hydrogen) atoms. The zero-order valence-electron chi connectivity index (χ0n) is 23.0. The second-order valence-corrected chi connectivity index (χ2v) is 10.4. The summed E-state index contributed by atoms with van der Waals surface area (Å²) < 4.78 is 12.3. The quantitative estimate of drug-likeness (QED) is 0.241. The fourth-order valence-corrected chi connectivity index (χ4v) is 4.68. The van der Waals surface area contributed by atoms with Gasteiger partial charge in [-0.1, -0.05) is 38.1 Å². The van der Waals surface area contributed by atoms with Gasteiger partial charge in [-0.25, -0.2) is 9.59 Å². The van der Waals surface area contributed by atoms with Gasteiger partial charge < -0.3 is 19.7 Å². The van der Waals surface area contributed by atoms with Gasteiger partial charge in [-0.2, -0.15) is 0 Å². The van der Waals surface area contributed by atoms with Crippen LogP contribution in [-0.4, -0.2) is 22.2 Å². The molecule has 0 heterocycles. The smallest absolute Gasteiger partial charge is 0.335 e. The molecule has 4 aromatic rings. The zero-order valence-corrected chi connectivity index (χ0v) is 23.0. The molecule has 200 valence electrons. The molecule has 0 unspecified atom stereocenters. The maximum atomic E-state index is 11.1. The maximum Gasteiger partial charge on any atom is 0.335 e. The highest BCUT2D eigenvalue weighted by molar-refractivity contribution is 5.88. The van der Waals surface area contributed by atoms with E-state index in [-0.39, 0.29) is 16.5 Å². The molecule has 4 rings (SSSR count). The number of carboxylic acids is 2. The number of aryl methyl sites for hydroxylation is 4. The Morgan fingerprint density at radius 3 is 1.10 bits per heavy atom. The van der Waals surface area contributed by atoms with Gasteiger partial charge in [0.05, 0.1) is 11.1 Å². The molecule has 4 aromatic carbocycles. The summed E-state index contributed by atoms with van der Waals surface area (Å²) in [6.07, 6.45) is 0. The second-order valence-electron chi connectivity index (χ2n) is 10.4. The van der Waals surface area contributed by atoms with E-state index >= 15 is 0 Å². The van der Waals surface area contributed by atoms with Crippen molar-refractivity contribution in [1.82, 2.24) is 0 Å². The van der Waals surface area contributed by atoms with Gasteiger partial charge >= 0.3 is 11.9 Å². The Kier molecular flexibility index (Phi) is 7.50. The number of aromatic carboxylic acids is 2. The number of carbonyl (C=O) groups is 2. The average Bonchev–Trinajstić information content (AvgIpc) is 2.88. The van der Waals surface area contributed by atoms with Gasteiger partial charge in [-0.05, 0) is 110 Å². The van der Waals surface area contributed by atoms with Gasteiger partial charge in [0.2, 0.25) is 0 Å². The van der Waals surface area contributed by atoms with Crippen molar-refractivity contribution in [3.8, 4) is 23.0 Å². The lowest BCUT2D eigenvalue weighted by atomic mass is 9.76. The average molecular weight is 525 g/mol. The molecule has 0 fully saturated rings. The summed E-state index contributed by atoms with van der Waals surface area (Å²) in [6.45, 7) is 12.4. The van der Waals surface area contributed by atoms with Crippen LogP contribution in [0.5, 0.6) is 23.0 Å². The van der Waals surface area contributed by atoms with Crippen LogP contribution in [0.25, 0.3) is 0 Å². The van der Waals surface area contributed by atoms with Crippen molar-refractivity contribution in [3.05, 3.63) is 117 Å². The largest absolute Gasteiger partial charge is 0.478 e. The Hall–Kier alpha value is -4.58. The number of ether oxygens (including phenoxy) is 2. The molecular weight excluding hydrogens is 492 g/mol. The van der Waals surface area contributed by atoms with Crippen LogP contribution in [0.15, 0.2) is 72.8 Å². The third kappa shape index (κ3) is 5.80. The zero-order chi connectivity index (χ0) is 28.5. The molecule has 0 amide bonds. The summed E-state index contributed by atoms with van der Waals surface area (Å²) in [7, 11) is 0. The third-order valence-electron chi connectivity index (χ3n) is 7.01. The van der Waals surface area contributed by atoms with Crippen LogP contribution >= 0.6 is 0 Å². The Balaban J connectivity index is 1.60. The normalized spacial score (nSPS) is 11.2. The van der Waals surface area contributed by atoms with E-state index in [9.17, 15) is 9.59 Å². The van der Waals surface area contributed by atoms with Crippen LogP contribution in [0.2, 0.25) is 0 Å². The summed E-state index contributed by atoms with van der Waals surface area (Å²) in [4.78, 5) is 22.3. The lowest BCUT2D eigenvalue weighted by Gasteiger charge is -2.29. The number of carboxylic acid groups (broad SMARTS) is 2. The molecule has 0 spiro atoms. The van der Waals surface area contributed by atoms with Crippen molar-refractivity contribution in [1.29, 1.82) is 0 Å². The van der Waals surface area contributed by atoms with Gasteiger partial charge in [-0.15, -0.1) is 0 Å². The molecule has 6 heteroatoms. The summed E-state index contributed by atoms with van der Waals surface area (Å²) in [6, 6.07) is 21.3. The van der Waals surface area contributed by atoms with Gasteiger partial charge in [0.1, 0.15) is 23.0 Å². The highest BCUT2D eigenvalue weighted by Gasteiger charge is 2.26. The minimum Gasteiger partial charge on any atom is -0.478 e. The van der Waals surface area contributed by atoms with Gasteiger partial charge in [-0.3, -0.25) is 0 Å². The molecule has 0 aliphatic carbocycles. The predicted octanol–water partition coefficient (Wildman–Crippen LogP) is 8.23. The monoisotopic (exact) mass is 524 g/mol. The molecule has 0 aliphatic rings. The standard InChI is InChI=1S/C33H32O6/c1-19-15-25(16-20(2)29(19)38-27-11-7-23(8-12-27)31(34)35)33(5,6)26-17-21(3)30(22(4)18-26)39-28-13-9-24(10-14-28)32(36)37/h7-18H,1-6H3,(H,34,35)(H,36,37). The van der Waals surface area contributed by atoms with Crippen molar-refractivity contribution in [2.24, 2.45) is 0 Å². The summed E-state index contributed by atoms with van der Waals surface area (Å²) in [5, 5.41) is 18.3. The van der Waals surface area contributed by atoms with Gasteiger partial charge in [0.15, 0.2) is 0 Å². The first-order valence-electron chi connectivity index (χ1n) is 12.6. The Morgan fingerprint density at radius 1 is 0.564 bits per heavy atom. The number of hydrogen-bond acceptors (Lipinski definition) is 4. The van der Waals surface area contributed by atoms with E-state index in [1.54, 1.807) is 24.3 Å². The van der Waals surface area contributed by atoms with Crippen LogP contribution in [-0.2, 0) is 5.41 Å². The highest BCUT2D eigenvalue weighted by atomic mass is 16.5. The van der Waals surface area contributed by atoms with E-state index in [4.69, 9.17) is 19.7 Å². The van der Waals surface area contributed by atoms with Crippen LogP contribution in [0.1, 0.15) is 67.9 Å². The van der Waals surface area contributed by atoms with E-state index in [0.717, 1.165) is 44.9 Å². The van der Waals surface area contributed by atoms with Crippen molar-refractivity contribution >= 4 is 11.9 Å². The van der Waals surface area contributed by atoms with E-state index in [0.29, 0.717) is 11.5 Å². The predicted molar refractivity (Wildman–Crippen MR) is 151 cm³/mol. The van der Waals surface area contributed by atoms with E-state index in [1.807, 2.05) is 27.7 Å². The van der Waals surface area contributed by atoms with Crippen molar-refractivity contribution < 1.29 is 29.3 Å². The molecule has 0 bridgehead atoms. The Labute approximate surface area is 228 Å². The molecule has 6 nitrogen and oxygen atoms in total. The van der Waals surface area contributed by atoms with Gasteiger partial charge in [0.25, 0.3) is 0 Å².